The predicted molar refractivity (Wildman–Crippen MR) is 75.7 cm³/mol. The van der Waals surface area contributed by atoms with Crippen molar-refractivity contribution < 1.29 is 9.84 Å². The number of hydrogen-bond donors (Lipinski definition) is 1. The monoisotopic (exact) mass is 285 g/mol. The molecule has 1 aliphatic heterocycles. The minimum atomic E-state index is -0.467. The number of halogens is 1. The number of aromatic nitrogens is 1. The molecule has 0 radical (unpaired) electrons. The summed E-state index contributed by atoms with van der Waals surface area (Å²) in [5.74, 6) is 0. The average molecular weight is 286 g/mol. The average Bonchev–Trinajstić information content (AvgIpc) is 2.53. The minimum Gasteiger partial charge on any atom is -0.389 e. The summed E-state index contributed by atoms with van der Waals surface area (Å²) in [4.78, 5) is 8.56. The van der Waals surface area contributed by atoms with Crippen LogP contribution in [0, 0.1) is 0 Å². The summed E-state index contributed by atoms with van der Waals surface area (Å²) < 4.78 is 5.35. The molecule has 5 nitrogen and oxygen atoms in total. The van der Waals surface area contributed by atoms with Crippen molar-refractivity contribution in [2.45, 2.75) is 12.6 Å². The number of β-amino-alcohol motifs (C(OH)–C–C–N with tert-alkyl or cyclic N) is 1. The predicted octanol–water partition coefficient (Wildman–Crippen LogP) is 0.994. The van der Waals surface area contributed by atoms with E-state index in [0.29, 0.717) is 31.5 Å². The van der Waals surface area contributed by atoms with Crippen molar-refractivity contribution in [1.82, 2.24) is 9.88 Å². The van der Waals surface area contributed by atoms with Crippen LogP contribution in [0.3, 0.4) is 0 Å². The summed E-state index contributed by atoms with van der Waals surface area (Å²) >= 11 is 5.98. The van der Waals surface area contributed by atoms with Gasteiger partial charge in [0, 0.05) is 19.6 Å². The topological polar surface area (TPSA) is 48.8 Å². The van der Waals surface area contributed by atoms with Gasteiger partial charge in [-0.1, -0.05) is 11.6 Å². The quantitative estimate of drug-likeness (QED) is 0.840. The van der Waals surface area contributed by atoms with Crippen LogP contribution >= 0.6 is 11.6 Å². The van der Waals surface area contributed by atoms with E-state index in [-0.39, 0.29) is 0 Å². The molecule has 1 N–H and O–H groups in total. The first-order valence-electron chi connectivity index (χ1n) is 6.37. The Balaban J connectivity index is 2.26. The number of rotatable bonds is 3. The van der Waals surface area contributed by atoms with Gasteiger partial charge < -0.3 is 19.6 Å². The normalized spacial score (nSPS) is 20.7. The van der Waals surface area contributed by atoms with E-state index in [1.54, 1.807) is 6.07 Å². The molecular formula is C13H20ClN3O2. The number of pyridine rings is 1. The van der Waals surface area contributed by atoms with Crippen molar-refractivity contribution in [2.24, 2.45) is 0 Å². The molecule has 1 saturated heterocycles. The molecule has 0 bridgehead atoms. The SMILES string of the molecule is CN(C)Cc1nc(Cl)ccc1N1CCOCC(O)C1. The molecule has 1 aromatic rings. The van der Waals surface area contributed by atoms with Gasteiger partial charge in [-0.25, -0.2) is 4.98 Å². The van der Waals surface area contributed by atoms with Crippen molar-refractivity contribution in [3.63, 3.8) is 0 Å². The Kier molecular flexibility index (Phi) is 4.99. The van der Waals surface area contributed by atoms with Gasteiger partial charge in [0.25, 0.3) is 0 Å². The molecule has 1 atom stereocenters. The van der Waals surface area contributed by atoms with Gasteiger partial charge in [0.1, 0.15) is 5.15 Å². The Morgan fingerprint density at radius 2 is 2.32 bits per heavy atom. The van der Waals surface area contributed by atoms with Crippen molar-refractivity contribution in [1.29, 1.82) is 0 Å². The van der Waals surface area contributed by atoms with Crippen LogP contribution in [0.25, 0.3) is 0 Å². The molecule has 19 heavy (non-hydrogen) atoms. The lowest BCUT2D eigenvalue weighted by Gasteiger charge is -2.26. The maximum atomic E-state index is 9.82. The first kappa shape index (κ1) is 14.5. The van der Waals surface area contributed by atoms with Crippen LogP contribution in [0.5, 0.6) is 0 Å². The molecule has 2 rings (SSSR count). The fraction of sp³-hybridized carbons (Fsp3) is 0.615. The molecule has 1 aliphatic rings. The molecule has 0 amide bonds. The summed E-state index contributed by atoms with van der Waals surface area (Å²) in [5.41, 5.74) is 1.94. The maximum Gasteiger partial charge on any atom is 0.129 e. The Bertz CT molecular complexity index is 428. The van der Waals surface area contributed by atoms with Gasteiger partial charge in [0.2, 0.25) is 0 Å². The Hall–Kier alpha value is -0.880. The molecule has 0 aliphatic carbocycles. The summed E-state index contributed by atoms with van der Waals surface area (Å²) in [7, 11) is 3.99. The highest BCUT2D eigenvalue weighted by Gasteiger charge is 2.20. The number of hydrogen-bond acceptors (Lipinski definition) is 5. The van der Waals surface area contributed by atoms with Gasteiger partial charge in [0.05, 0.1) is 30.7 Å². The minimum absolute atomic E-state index is 0.389. The van der Waals surface area contributed by atoms with Gasteiger partial charge in [-0.3, -0.25) is 0 Å². The van der Waals surface area contributed by atoms with Crippen LogP contribution in [0.2, 0.25) is 5.15 Å². The molecule has 0 aromatic carbocycles. The van der Waals surface area contributed by atoms with Crippen LogP contribution in [0.4, 0.5) is 5.69 Å². The maximum absolute atomic E-state index is 9.82. The molecular weight excluding hydrogens is 266 g/mol. The fourth-order valence-corrected chi connectivity index (χ4v) is 2.35. The summed E-state index contributed by atoms with van der Waals surface area (Å²) in [6.07, 6.45) is -0.467. The lowest BCUT2D eigenvalue weighted by molar-refractivity contribution is 0.0597. The van der Waals surface area contributed by atoms with Crippen LogP contribution in [-0.2, 0) is 11.3 Å². The van der Waals surface area contributed by atoms with E-state index in [0.717, 1.165) is 17.9 Å². The molecule has 0 saturated carbocycles. The van der Waals surface area contributed by atoms with E-state index >= 15 is 0 Å². The molecule has 6 heteroatoms. The highest BCUT2D eigenvalue weighted by Crippen LogP contribution is 2.23. The van der Waals surface area contributed by atoms with Gasteiger partial charge >= 0.3 is 0 Å². The zero-order valence-electron chi connectivity index (χ0n) is 11.3. The highest BCUT2D eigenvalue weighted by molar-refractivity contribution is 6.29. The Labute approximate surface area is 118 Å². The van der Waals surface area contributed by atoms with Crippen molar-refractivity contribution in [2.75, 3.05) is 45.3 Å². The Morgan fingerprint density at radius 3 is 3.05 bits per heavy atom. The standard InChI is InChI=1S/C13H20ClN3O2/c1-16(2)8-11-12(3-4-13(14)15-11)17-5-6-19-9-10(18)7-17/h3-4,10,18H,5-9H2,1-2H3. The second-order valence-electron chi connectivity index (χ2n) is 5.01. The van der Waals surface area contributed by atoms with Crippen LogP contribution in [0.15, 0.2) is 12.1 Å². The largest absolute Gasteiger partial charge is 0.389 e. The van der Waals surface area contributed by atoms with Crippen molar-refractivity contribution in [3.05, 3.63) is 23.0 Å². The molecule has 1 unspecified atom stereocenters. The van der Waals surface area contributed by atoms with Crippen molar-refractivity contribution in [3.8, 4) is 0 Å². The van der Waals surface area contributed by atoms with Gasteiger partial charge in [-0.15, -0.1) is 0 Å². The third kappa shape index (κ3) is 4.04. The van der Waals surface area contributed by atoms with E-state index in [2.05, 4.69) is 9.88 Å². The van der Waals surface area contributed by atoms with Gasteiger partial charge in [-0.2, -0.15) is 0 Å². The van der Waals surface area contributed by atoms with Gasteiger partial charge in [0.15, 0.2) is 0 Å². The van der Waals surface area contributed by atoms with Crippen LogP contribution in [-0.4, -0.2) is 61.5 Å². The number of ether oxygens (including phenoxy) is 1. The fourth-order valence-electron chi connectivity index (χ4n) is 2.18. The number of aliphatic hydroxyl groups excluding tert-OH is 1. The van der Waals surface area contributed by atoms with E-state index < -0.39 is 6.10 Å². The second-order valence-corrected chi connectivity index (χ2v) is 5.40. The molecule has 2 heterocycles. The second kappa shape index (κ2) is 6.52. The first-order valence-corrected chi connectivity index (χ1v) is 6.75. The molecule has 1 fully saturated rings. The number of aliphatic hydroxyl groups is 1. The van der Waals surface area contributed by atoms with Crippen LogP contribution in [0.1, 0.15) is 5.69 Å². The molecule has 1 aromatic heterocycles. The number of nitrogens with zero attached hydrogens (tertiary/aromatic N) is 3. The highest BCUT2D eigenvalue weighted by atomic mass is 35.5. The van der Waals surface area contributed by atoms with E-state index in [1.807, 2.05) is 25.1 Å². The number of anilines is 1. The summed E-state index contributed by atoms with van der Waals surface area (Å²) in [6.45, 7) is 3.02. The summed E-state index contributed by atoms with van der Waals surface area (Å²) in [5, 5.41) is 10.3. The third-order valence-electron chi connectivity index (χ3n) is 2.97. The van der Waals surface area contributed by atoms with Gasteiger partial charge in [-0.05, 0) is 26.2 Å². The zero-order chi connectivity index (χ0) is 13.8. The van der Waals surface area contributed by atoms with Crippen molar-refractivity contribution >= 4 is 17.3 Å². The molecule has 106 valence electrons. The molecule has 0 spiro atoms. The Morgan fingerprint density at radius 1 is 1.53 bits per heavy atom. The first-order chi connectivity index (χ1) is 9.06. The summed E-state index contributed by atoms with van der Waals surface area (Å²) in [6, 6.07) is 3.75. The van der Waals surface area contributed by atoms with Crippen LogP contribution < -0.4 is 4.90 Å². The lowest BCUT2D eigenvalue weighted by Crippen LogP contribution is -2.34. The third-order valence-corrected chi connectivity index (χ3v) is 3.18. The van der Waals surface area contributed by atoms with E-state index in [1.165, 1.54) is 0 Å². The zero-order valence-corrected chi connectivity index (χ0v) is 12.1. The lowest BCUT2D eigenvalue weighted by atomic mass is 10.2. The van der Waals surface area contributed by atoms with E-state index in [4.69, 9.17) is 16.3 Å². The van der Waals surface area contributed by atoms with E-state index in [9.17, 15) is 5.11 Å². The smallest absolute Gasteiger partial charge is 0.129 e.